The minimum Gasteiger partial charge on any atom is -0.307 e. The average Bonchev–Trinajstić information content (AvgIpc) is 2.49. The number of aromatic nitrogens is 2. The maximum absolute atomic E-state index is 4.39. The lowest BCUT2D eigenvalue weighted by Crippen LogP contribution is -1.91. The zero-order valence-electron chi connectivity index (χ0n) is 6.81. The molecular weight excluding hydrogens is 168 g/mol. The van der Waals surface area contributed by atoms with Crippen molar-refractivity contribution in [2.24, 2.45) is 0 Å². The van der Waals surface area contributed by atoms with E-state index < -0.39 is 0 Å². The molecule has 0 aliphatic rings. The molecule has 0 aromatic carbocycles. The fourth-order valence-electron chi connectivity index (χ4n) is 1.30. The van der Waals surface area contributed by atoms with Gasteiger partial charge < -0.3 is 4.40 Å². The van der Waals surface area contributed by atoms with Gasteiger partial charge in [0.1, 0.15) is 5.65 Å². The fraction of sp³-hybridized carbons (Fsp3) is 0.222. The fourth-order valence-corrected chi connectivity index (χ4v) is 1.50. The van der Waals surface area contributed by atoms with Gasteiger partial charge in [0.15, 0.2) is 0 Å². The molecule has 2 aromatic heterocycles. The van der Waals surface area contributed by atoms with Gasteiger partial charge in [-0.2, -0.15) is 12.6 Å². The lowest BCUT2D eigenvalue weighted by Gasteiger charge is -2.05. The number of rotatable bonds is 1. The van der Waals surface area contributed by atoms with E-state index in [1.165, 1.54) is 5.56 Å². The molecule has 2 nitrogen and oxygen atoms in total. The van der Waals surface area contributed by atoms with E-state index in [0.29, 0.717) is 0 Å². The normalized spacial score (nSPS) is 13.5. The molecule has 0 amide bonds. The Labute approximate surface area is 76.7 Å². The number of fused-ring (bicyclic) bond motifs is 1. The third-order valence-corrected chi connectivity index (χ3v) is 2.18. The van der Waals surface area contributed by atoms with E-state index in [0.717, 1.165) is 5.65 Å². The van der Waals surface area contributed by atoms with Crippen molar-refractivity contribution in [3.05, 3.63) is 36.3 Å². The molecule has 3 heteroatoms. The van der Waals surface area contributed by atoms with Crippen LogP contribution in [0.25, 0.3) is 5.65 Å². The van der Waals surface area contributed by atoms with Crippen LogP contribution in [0.2, 0.25) is 0 Å². The molecule has 1 atom stereocenters. The highest BCUT2D eigenvalue weighted by Gasteiger charge is 2.05. The maximum Gasteiger partial charge on any atom is 0.140 e. The first-order valence-electron chi connectivity index (χ1n) is 3.88. The van der Waals surface area contributed by atoms with Crippen molar-refractivity contribution in [2.45, 2.75) is 12.2 Å². The predicted octanol–water partition coefficient (Wildman–Crippen LogP) is 2.33. The quantitative estimate of drug-likeness (QED) is 0.663. The molecule has 0 N–H and O–H groups in total. The van der Waals surface area contributed by atoms with Gasteiger partial charge in [-0.15, -0.1) is 0 Å². The van der Waals surface area contributed by atoms with Crippen molar-refractivity contribution >= 4 is 18.3 Å². The number of hydrogen-bond acceptors (Lipinski definition) is 2. The van der Waals surface area contributed by atoms with Crippen LogP contribution < -0.4 is 0 Å². The van der Waals surface area contributed by atoms with Crippen molar-refractivity contribution in [2.75, 3.05) is 0 Å². The van der Waals surface area contributed by atoms with Gasteiger partial charge in [0, 0.05) is 29.4 Å². The Kier molecular flexibility index (Phi) is 1.81. The summed E-state index contributed by atoms with van der Waals surface area (Å²) in [5, 5.41) is 0.233. The van der Waals surface area contributed by atoms with Crippen molar-refractivity contribution in [3.63, 3.8) is 0 Å². The Bertz CT molecular complexity index is 392. The van der Waals surface area contributed by atoms with Gasteiger partial charge in [0.05, 0.1) is 0 Å². The Morgan fingerprint density at radius 1 is 1.50 bits per heavy atom. The van der Waals surface area contributed by atoms with Gasteiger partial charge in [-0.1, -0.05) is 6.07 Å². The summed E-state index contributed by atoms with van der Waals surface area (Å²) < 4.78 is 2.00. The number of pyridine rings is 1. The highest BCUT2D eigenvalue weighted by Crippen LogP contribution is 2.21. The van der Waals surface area contributed by atoms with Crippen LogP contribution in [-0.4, -0.2) is 9.38 Å². The maximum atomic E-state index is 4.39. The van der Waals surface area contributed by atoms with Crippen molar-refractivity contribution in [3.8, 4) is 0 Å². The second kappa shape index (κ2) is 2.83. The standard InChI is InChI=1S/C9H10N2S/c1-7(12)8-3-2-5-11-6-4-10-9(8)11/h2-7,12H,1H3. The van der Waals surface area contributed by atoms with Crippen LogP contribution in [0.4, 0.5) is 0 Å². The van der Waals surface area contributed by atoms with Crippen LogP contribution in [-0.2, 0) is 0 Å². The second-order valence-corrected chi connectivity index (χ2v) is 3.57. The van der Waals surface area contributed by atoms with E-state index in [2.05, 4.69) is 23.7 Å². The Morgan fingerprint density at radius 3 is 3.08 bits per heavy atom. The molecule has 0 fully saturated rings. The Balaban J connectivity index is 2.73. The van der Waals surface area contributed by atoms with Crippen molar-refractivity contribution in [1.29, 1.82) is 0 Å². The zero-order valence-corrected chi connectivity index (χ0v) is 7.70. The second-order valence-electron chi connectivity index (χ2n) is 2.80. The van der Waals surface area contributed by atoms with Crippen LogP contribution in [0.5, 0.6) is 0 Å². The van der Waals surface area contributed by atoms with Gasteiger partial charge in [-0.3, -0.25) is 0 Å². The topological polar surface area (TPSA) is 17.3 Å². The van der Waals surface area contributed by atoms with Crippen molar-refractivity contribution in [1.82, 2.24) is 9.38 Å². The molecule has 1 unspecified atom stereocenters. The van der Waals surface area contributed by atoms with Gasteiger partial charge >= 0.3 is 0 Å². The molecule has 0 saturated heterocycles. The van der Waals surface area contributed by atoms with Crippen LogP contribution in [0.15, 0.2) is 30.7 Å². The lowest BCUT2D eigenvalue weighted by molar-refractivity contribution is 1.07. The van der Waals surface area contributed by atoms with E-state index >= 15 is 0 Å². The van der Waals surface area contributed by atoms with Crippen LogP contribution in [0.1, 0.15) is 17.7 Å². The van der Waals surface area contributed by atoms with E-state index in [-0.39, 0.29) is 5.25 Å². The number of hydrogen-bond donors (Lipinski definition) is 1. The summed E-state index contributed by atoms with van der Waals surface area (Å²) in [4.78, 5) is 4.25. The highest BCUT2D eigenvalue weighted by atomic mass is 32.1. The molecule has 0 saturated carbocycles. The van der Waals surface area contributed by atoms with Crippen LogP contribution >= 0.6 is 12.6 Å². The summed E-state index contributed by atoms with van der Waals surface area (Å²) in [6, 6.07) is 4.07. The summed E-state index contributed by atoms with van der Waals surface area (Å²) in [6.45, 7) is 2.05. The van der Waals surface area contributed by atoms with E-state index in [9.17, 15) is 0 Å². The van der Waals surface area contributed by atoms with Crippen molar-refractivity contribution < 1.29 is 0 Å². The Hall–Kier alpha value is -0.960. The summed E-state index contributed by atoms with van der Waals surface area (Å²) in [7, 11) is 0. The molecule has 0 radical (unpaired) electrons. The van der Waals surface area contributed by atoms with Gasteiger partial charge in [0.25, 0.3) is 0 Å². The average molecular weight is 178 g/mol. The van der Waals surface area contributed by atoms with Crippen LogP contribution in [0.3, 0.4) is 0 Å². The van der Waals surface area contributed by atoms with E-state index in [4.69, 9.17) is 0 Å². The summed E-state index contributed by atoms with van der Waals surface area (Å²) >= 11 is 4.39. The minimum absolute atomic E-state index is 0.233. The largest absolute Gasteiger partial charge is 0.307 e. The molecule has 62 valence electrons. The van der Waals surface area contributed by atoms with Gasteiger partial charge in [0.2, 0.25) is 0 Å². The molecule has 2 rings (SSSR count). The summed E-state index contributed by atoms with van der Waals surface area (Å²) in [5.41, 5.74) is 2.17. The van der Waals surface area contributed by atoms with E-state index in [1.54, 1.807) is 6.20 Å². The predicted molar refractivity (Wildman–Crippen MR) is 52.6 cm³/mol. The first-order valence-corrected chi connectivity index (χ1v) is 4.40. The highest BCUT2D eigenvalue weighted by molar-refractivity contribution is 7.80. The first-order chi connectivity index (χ1) is 5.79. The van der Waals surface area contributed by atoms with Gasteiger partial charge in [-0.25, -0.2) is 4.98 Å². The lowest BCUT2D eigenvalue weighted by atomic mass is 10.2. The molecule has 0 aliphatic heterocycles. The molecule has 2 aromatic rings. The monoisotopic (exact) mass is 178 g/mol. The molecular formula is C9H10N2S. The number of imidazole rings is 1. The number of nitrogens with zero attached hydrogens (tertiary/aromatic N) is 2. The minimum atomic E-state index is 0.233. The molecule has 12 heavy (non-hydrogen) atoms. The number of thiol groups is 1. The third-order valence-electron chi connectivity index (χ3n) is 1.90. The molecule has 2 heterocycles. The molecule has 0 spiro atoms. The SMILES string of the molecule is CC(S)c1cccn2ccnc12. The molecule has 0 aliphatic carbocycles. The smallest absolute Gasteiger partial charge is 0.140 e. The first kappa shape index (κ1) is 7.68. The summed E-state index contributed by atoms with van der Waals surface area (Å²) in [5.74, 6) is 0. The van der Waals surface area contributed by atoms with Gasteiger partial charge in [-0.05, 0) is 13.0 Å². The third kappa shape index (κ3) is 1.10. The zero-order chi connectivity index (χ0) is 8.55. The molecule has 0 bridgehead atoms. The Morgan fingerprint density at radius 2 is 2.33 bits per heavy atom. The van der Waals surface area contributed by atoms with E-state index in [1.807, 2.05) is 29.8 Å². The van der Waals surface area contributed by atoms with Crippen LogP contribution in [0, 0.1) is 0 Å². The summed E-state index contributed by atoms with van der Waals surface area (Å²) in [6.07, 6.45) is 5.73.